The van der Waals surface area contributed by atoms with Crippen molar-refractivity contribution in [1.82, 2.24) is 9.55 Å². The second kappa shape index (κ2) is 9.82. The maximum absolute atomic E-state index is 12.5. The molecule has 0 unspecified atom stereocenters. The lowest BCUT2D eigenvalue weighted by Gasteiger charge is -2.16. The molecule has 4 rings (SSSR count). The lowest BCUT2D eigenvalue weighted by Crippen LogP contribution is -2.18. The molecule has 2 heterocycles. The second-order valence-electron chi connectivity index (χ2n) is 7.07. The van der Waals surface area contributed by atoms with Crippen LogP contribution in [0, 0.1) is 0 Å². The van der Waals surface area contributed by atoms with Crippen LogP contribution in [0.5, 0.6) is 5.75 Å². The standard InChI is InChI=1S/C23H25N3O3S/c1-28-21-12-6-5-11-19(21)25-22(27)16-30-23-24-14-20(17-8-3-2-4-9-17)26(23)15-18-10-7-13-29-18/h2-6,8-9,11-12,14,18H,7,10,13,15-16H2,1H3,(H,25,27)/t18-/m1/s1. The summed E-state index contributed by atoms with van der Waals surface area (Å²) in [5.74, 6) is 0.800. The van der Waals surface area contributed by atoms with E-state index in [0.29, 0.717) is 11.4 Å². The molecule has 1 N–H and O–H groups in total. The highest BCUT2D eigenvalue weighted by Gasteiger charge is 2.21. The molecule has 156 valence electrons. The largest absolute Gasteiger partial charge is 0.495 e. The fourth-order valence-electron chi connectivity index (χ4n) is 3.55. The molecule has 0 aliphatic carbocycles. The third kappa shape index (κ3) is 4.86. The zero-order valence-corrected chi connectivity index (χ0v) is 17.7. The van der Waals surface area contributed by atoms with Gasteiger partial charge in [-0.05, 0) is 30.5 Å². The van der Waals surface area contributed by atoms with E-state index in [1.54, 1.807) is 7.11 Å². The second-order valence-corrected chi connectivity index (χ2v) is 8.02. The van der Waals surface area contributed by atoms with Crippen LogP contribution in [0.4, 0.5) is 5.69 Å². The molecule has 1 aliphatic heterocycles. The molecule has 6 nitrogen and oxygen atoms in total. The lowest BCUT2D eigenvalue weighted by atomic mass is 10.1. The van der Waals surface area contributed by atoms with E-state index in [-0.39, 0.29) is 17.8 Å². The van der Waals surface area contributed by atoms with Crippen molar-refractivity contribution in [2.45, 2.75) is 30.6 Å². The Morgan fingerprint density at radius 3 is 2.80 bits per heavy atom. The Hall–Kier alpha value is -2.77. The number of hydrogen-bond donors (Lipinski definition) is 1. The Balaban J connectivity index is 1.49. The van der Waals surface area contributed by atoms with Crippen LogP contribution in [0.3, 0.4) is 0 Å². The monoisotopic (exact) mass is 423 g/mol. The maximum atomic E-state index is 12.5. The summed E-state index contributed by atoms with van der Waals surface area (Å²) in [7, 11) is 1.59. The first-order valence-electron chi connectivity index (χ1n) is 10.0. The van der Waals surface area contributed by atoms with Crippen LogP contribution >= 0.6 is 11.8 Å². The van der Waals surface area contributed by atoms with E-state index >= 15 is 0 Å². The lowest BCUT2D eigenvalue weighted by molar-refractivity contribution is -0.113. The number of imidazole rings is 1. The number of anilines is 1. The highest BCUT2D eigenvalue weighted by atomic mass is 32.2. The molecular weight excluding hydrogens is 398 g/mol. The van der Waals surface area contributed by atoms with Gasteiger partial charge in [-0.1, -0.05) is 54.2 Å². The Kier molecular flexibility index (Phi) is 6.71. The number of rotatable bonds is 8. The van der Waals surface area contributed by atoms with Gasteiger partial charge < -0.3 is 19.4 Å². The van der Waals surface area contributed by atoms with Gasteiger partial charge in [0, 0.05) is 6.61 Å². The van der Waals surface area contributed by atoms with E-state index in [1.807, 2.05) is 48.7 Å². The molecular formula is C23H25N3O3S. The summed E-state index contributed by atoms with van der Waals surface area (Å²) >= 11 is 1.43. The van der Waals surface area contributed by atoms with Crippen molar-refractivity contribution < 1.29 is 14.3 Å². The van der Waals surface area contributed by atoms with Crippen molar-refractivity contribution >= 4 is 23.4 Å². The normalized spacial score (nSPS) is 15.8. The number of methoxy groups -OCH3 is 1. The Morgan fingerprint density at radius 1 is 1.23 bits per heavy atom. The van der Waals surface area contributed by atoms with Crippen LogP contribution < -0.4 is 10.1 Å². The topological polar surface area (TPSA) is 65.4 Å². The molecule has 1 atom stereocenters. The minimum absolute atomic E-state index is 0.0996. The number of benzene rings is 2. The third-order valence-corrected chi connectivity index (χ3v) is 6.00. The minimum Gasteiger partial charge on any atom is -0.495 e. The van der Waals surface area contributed by atoms with Crippen LogP contribution in [0.2, 0.25) is 0 Å². The molecule has 3 aromatic rings. The van der Waals surface area contributed by atoms with Gasteiger partial charge >= 0.3 is 0 Å². The third-order valence-electron chi connectivity index (χ3n) is 5.01. The van der Waals surface area contributed by atoms with Crippen molar-refractivity contribution in [3.05, 3.63) is 60.8 Å². The number of amides is 1. The molecule has 1 fully saturated rings. The maximum Gasteiger partial charge on any atom is 0.234 e. The summed E-state index contributed by atoms with van der Waals surface area (Å²) in [6, 6.07) is 17.6. The number of nitrogens with zero attached hydrogens (tertiary/aromatic N) is 2. The van der Waals surface area contributed by atoms with Crippen molar-refractivity contribution in [1.29, 1.82) is 0 Å². The van der Waals surface area contributed by atoms with Gasteiger partial charge in [-0.2, -0.15) is 0 Å². The fraction of sp³-hybridized carbons (Fsp3) is 0.304. The smallest absolute Gasteiger partial charge is 0.234 e. The van der Waals surface area contributed by atoms with E-state index < -0.39 is 0 Å². The first kappa shape index (κ1) is 20.5. The number of thioether (sulfide) groups is 1. The zero-order chi connectivity index (χ0) is 20.8. The summed E-state index contributed by atoms with van der Waals surface area (Å²) in [4.78, 5) is 17.2. The van der Waals surface area contributed by atoms with Gasteiger partial charge in [0.1, 0.15) is 5.75 Å². The SMILES string of the molecule is COc1ccccc1NC(=O)CSc1ncc(-c2ccccc2)n1C[C@H]1CCCO1. The zero-order valence-electron chi connectivity index (χ0n) is 16.9. The average Bonchev–Trinajstić information content (AvgIpc) is 3.44. The number of carbonyl (C=O) groups is 1. The number of ether oxygens (including phenoxy) is 2. The van der Waals surface area contributed by atoms with Gasteiger partial charge in [-0.15, -0.1) is 0 Å². The summed E-state index contributed by atoms with van der Waals surface area (Å²) in [6.45, 7) is 1.55. The number of para-hydroxylation sites is 2. The predicted molar refractivity (Wildman–Crippen MR) is 119 cm³/mol. The van der Waals surface area contributed by atoms with Gasteiger partial charge in [-0.25, -0.2) is 4.98 Å². The van der Waals surface area contributed by atoms with Crippen molar-refractivity contribution in [3.63, 3.8) is 0 Å². The molecule has 1 aliphatic rings. The average molecular weight is 424 g/mol. The number of carbonyl (C=O) groups excluding carboxylic acids is 1. The molecule has 0 bridgehead atoms. The first-order chi connectivity index (χ1) is 14.7. The van der Waals surface area contributed by atoms with Crippen LogP contribution in [0.15, 0.2) is 66.0 Å². The predicted octanol–water partition coefficient (Wildman–Crippen LogP) is 4.47. The van der Waals surface area contributed by atoms with E-state index in [4.69, 9.17) is 9.47 Å². The summed E-state index contributed by atoms with van der Waals surface area (Å²) in [6.07, 6.45) is 4.20. The van der Waals surface area contributed by atoms with Crippen LogP contribution in [0.1, 0.15) is 12.8 Å². The molecule has 0 saturated carbocycles. The summed E-state index contributed by atoms with van der Waals surface area (Å²) < 4.78 is 13.3. The first-order valence-corrected chi connectivity index (χ1v) is 11.0. The highest BCUT2D eigenvalue weighted by molar-refractivity contribution is 7.99. The molecule has 2 aromatic carbocycles. The fourth-order valence-corrected chi connectivity index (χ4v) is 4.33. The van der Waals surface area contributed by atoms with Crippen LogP contribution in [-0.2, 0) is 16.1 Å². The van der Waals surface area contributed by atoms with Gasteiger partial charge in [0.05, 0.1) is 43.1 Å². The summed E-state index contributed by atoms with van der Waals surface area (Å²) in [5, 5.41) is 3.74. The quantitative estimate of drug-likeness (QED) is 0.542. The molecule has 0 spiro atoms. The molecule has 1 saturated heterocycles. The Bertz CT molecular complexity index is 984. The Morgan fingerprint density at radius 2 is 2.03 bits per heavy atom. The minimum atomic E-state index is -0.0996. The Labute approximate surface area is 180 Å². The van der Waals surface area contributed by atoms with E-state index in [1.165, 1.54) is 11.8 Å². The van der Waals surface area contributed by atoms with Crippen LogP contribution in [-0.4, -0.2) is 41.0 Å². The molecule has 1 amide bonds. The number of hydrogen-bond acceptors (Lipinski definition) is 5. The van der Waals surface area contributed by atoms with Crippen molar-refractivity contribution in [3.8, 4) is 17.0 Å². The van der Waals surface area contributed by atoms with Gasteiger partial charge in [0.25, 0.3) is 0 Å². The number of aromatic nitrogens is 2. The van der Waals surface area contributed by atoms with Gasteiger partial charge in [0.2, 0.25) is 5.91 Å². The van der Waals surface area contributed by atoms with Gasteiger partial charge in [-0.3, -0.25) is 4.79 Å². The van der Waals surface area contributed by atoms with E-state index in [9.17, 15) is 4.79 Å². The van der Waals surface area contributed by atoms with Crippen molar-refractivity contribution in [2.24, 2.45) is 0 Å². The molecule has 1 aromatic heterocycles. The summed E-state index contributed by atoms with van der Waals surface area (Å²) in [5.41, 5.74) is 2.81. The van der Waals surface area contributed by atoms with E-state index in [2.05, 4.69) is 27.0 Å². The van der Waals surface area contributed by atoms with Gasteiger partial charge in [0.15, 0.2) is 5.16 Å². The highest BCUT2D eigenvalue weighted by Crippen LogP contribution is 2.29. The molecule has 30 heavy (non-hydrogen) atoms. The number of nitrogens with one attached hydrogen (secondary N) is 1. The molecule has 0 radical (unpaired) electrons. The van der Waals surface area contributed by atoms with Crippen molar-refractivity contribution in [2.75, 3.05) is 24.8 Å². The van der Waals surface area contributed by atoms with E-state index in [0.717, 1.165) is 42.4 Å². The molecule has 7 heteroatoms. The van der Waals surface area contributed by atoms with Crippen LogP contribution in [0.25, 0.3) is 11.3 Å².